The minimum atomic E-state index is -1.00. The zero-order valence-electron chi connectivity index (χ0n) is 9.04. The Kier molecular flexibility index (Phi) is 4.11. The van der Waals surface area contributed by atoms with Crippen LogP contribution < -0.4 is 5.32 Å². The van der Waals surface area contributed by atoms with E-state index in [2.05, 4.69) is 21.2 Å². The molecule has 3 N–H and O–H groups in total. The van der Waals surface area contributed by atoms with Gasteiger partial charge in [-0.05, 0) is 28.1 Å². The van der Waals surface area contributed by atoms with Crippen LogP contribution in [0.5, 0.6) is 0 Å². The van der Waals surface area contributed by atoms with Gasteiger partial charge in [-0.3, -0.25) is 0 Å². The van der Waals surface area contributed by atoms with Crippen LogP contribution in [0.1, 0.15) is 9.67 Å². The maximum Gasteiger partial charge on any atom is 0.348 e. The van der Waals surface area contributed by atoms with Crippen molar-refractivity contribution < 1.29 is 15.0 Å². The fourth-order valence-electron chi connectivity index (χ4n) is 1.63. The standard InChI is InChI=1S/C11H9BrClNO3S/c12-7-4-5(13)3-6-8(14-1-2-15)10(11(16)17)18-9(6)7/h3-4,14-15H,1-2H2,(H,16,17). The molecule has 0 spiro atoms. The van der Waals surface area contributed by atoms with Gasteiger partial charge in [-0.15, -0.1) is 11.3 Å². The summed E-state index contributed by atoms with van der Waals surface area (Å²) in [5.74, 6) is -1.00. The van der Waals surface area contributed by atoms with Crippen LogP contribution in [0.2, 0.25) is 5.02 Å². The summed E-state index contributed by atoms with van der Waals surface area (Å²) in [4.78, 5) is 11.4. The Hall–Kier alpha value is -0.820. The van der Waals surface area contributed by atoms with E-state index in [1.165, 1.54) is 11.3 Å². The van der Waals surface area contributed by atoms with E-state index in [9.17, 15) is 9.90 Å². The van der Waals surface area contributed by atoms with Crippen LogP contribution >= 0.6 is 38.9 Å². The third-order valence-electron chi connectivity index (χ3n) is 2.32. The molecule has 1 heterocycles. The van der Waals surface area contributed by atoms with Crippen LogP contribution in [0.3, 0.4) is 0 Å². The van der Waals surface area contributed by atoms with Crippen LogP contribution in [0.4, 0.5) is 5.69 Å². The van der Waals surface area contributed by atoms with Gasteiger partial charge in [-0.25, -0.2) is 4.79 Å². The van der Waals surface area contributed by atoms with Gasteiger partial charge in [-0.1, -0.05) is 11.6 Å². The van der Waals surface area contributed by atoms with Crippen molar-refractivity contribution in [2.24, 2.45) is 0 Å². The summed E-state index contributed by atoms with van der Waals surface area (Å²) >= 11 is 10.5. The Morgan fingerprint density at radius 2 is 2.22 bits per heavy atom. The first-order valence-electron chi connectivity index (χ1n) is 5.04. The molecule has 96 valence electrons. The number of thiophene rings is 1. The van der Waals surface area contributed by atoms with Gasteiger partial charge in [0.05, 0.1) is 17.0 Å². The topological polar surface area (TPSA) is 69.6 Å². The van der Waals surface area contributed by atoms with E-state index in [1.54, 1.807) is 12.1 Å². The van der Waals surface area contributed by atoms with E-state index in [0.29, 0.717) is 10.7 Å². The summed E-state index contributed by atoms with van der Waals surface area (Å²) in [7, 11) is 0. The number of rotatable bonds is 4. The second kappa shape index (κ2) is 5.44. The monoisotopic (exact) mass is 349 g/mol. The van der Waals surface area contributed by atoms with Gasteiger partial charge in [0, 0.05) is 21.4 Å². The molecular formula is C11H9BrClNO3S. The number of aromatic carboxylic acids is 1. The third-order valence-corrected chi connectivity index (χ3v) is 4.65. The first-order valence-corrected chi connectivity index (χ1v) is 7.03. The Morgan fingerprint density at radius 1 is 1.50 bits per heavy atom. The number of carboxylic acids is 1. The van der Waals surface area contributed by atoms with Crippen molar-refractivity contribution in [1.29, 1.82) is 0 Å². The molecule has 2 rings (SSSR count). The second-order valence-corrected chi connectivity index (χ2v) is 5.84. The molecule has 0 amide bonds. The van der Waals surface area contributed by atoms with Gasteiger partial charge in [-0.2, -0.15) is 0 Å². The molecule has 0 aliphatic carbocycles. The van der Waals surface area contributed by atoms with Gasteiger partial charge in [0.2, 0.25) is 0 Å². The molecule has 1 aromatic carbocycles. The van der Waals surface area contributed by atoms with Crippen molar-refractivity contribution in [2.75, 3.05) is 18.5 Å². The number of anilines is 1. The van der Waals surface area contributed by atoms with Crippen LogP contribution in [-0.4, -0.2) is 29.3 Å². The molecule has 18 heavy (non-hydrogen) atoms. The van der Waals surface area contributed by atoms with Gasteiger partial charge < -0.3 is 15.5 Å². The summed E-state index contributed by atoms with van der Waals surface area (Å²) in [5.41, 5.74) is 0.500. The first kappa shape index (κ1) is 13.6. The summed E-state index contributed by atoms with van der Waals surface area (Å²) < 4.78 is 1.58. The summed E-state index contributed by atoms with van der Waals surface area (Å²) in [6.07, 6.45) is 0. The van der Waals surface area contributed by atoms with Crippen molar-refractivity contribution in [2.45, 2.75) is 0 Å². The molecular weight excluding hydrogens is 342 g/mol. The Morgan fingerprint density at radius 3 is 2.83 bits per heavy atom. The Labute approximate surface area is 120 Å². The van der Waals surface area contributed by atoms with E-state index in [-0.39, 0.29) is 18.0 Å². The number of aliphatic hydroxyl groups is 1. The Balaban J connectivity index is 2.68. The Bertz CT molecular complexity index is 614. The van der Waals surface area contributed by atoms with Crippen LogP contribution in [0.25, 0.3) is 10.1 Å². The predicted octanol–water partition coefficient (Wildman–Crippen LogP) is 3.42. The lowest BCUT2D eigenvalue weighted by Crippen LogP contribution is -2.08. The average molecular weight is 351 g/mol. The maximum absolute atomic E-state index is 11.2. The van der Waals surface area contributed by atoms with Crippen LogP contribution in [0, 0.1) is 0 Å². The van der Waals surface area contributed by atoms with Gasteiger partial charge in [0.25, 0.3) is 0 Å². The van der Waals surface area contributed by atoms with Crippen LogP contribution in [-0.2, 0) is 0 Å². The highest BCUT2D eigenvalue weighted by Gasteiger charge is 2.19. The van der Waals surface area contributed by atoms with Crippen molar-refractivity contribution in [1.82, 2.24) is 0 Å². The lowest BCUT2D eigenvalue weighted by Gasteiger charge is -2.05. The minimum absolute atomic E-state index is 0.0713. The molecule has 0 saturated carbocycles. The van der Waals surface area contributed by atoms with Crippen molar-refractivity contribution in [3.63, 3.8) is 0 Å². The molecule has 1 aromatic heterocycles. The zero-order chi connectivity index (χ0) is 13.3. The fraction of sp³-hybridized carbons (Fsp3) is 0.182. The summed E-state index contributed by atoms with van der Waals surface area (Å²) in [6, 6.07) is 3.44. The lowest BCUT2D eigenvalue weighted by molar-refractivity contribution is 0.0703. The normalized spacial score (nSPS) is 10.8. The molecule has 0 unspecified atom stereocenters. The molecule has 0 bridgehead atoms. The number of carboxylic acid groups (broad SMARTS) is 1. The molecule has 2 aromatic rings. The predicted molar refractivity (Wildman–Crippen MR) is 77.1 cm³/mol. The summed E-state index contributed by atoms with van der Waals surface area (Å²) in [6.45, 7) is 0.217. The number of nitrogens with one attached hydrogen (secondary N) is 1. The summed E-state index contributed by atoms with van der Waals surface area (Å²) in [5, 5.41) is 22.2. The van der Waals surface area contributed by atoms with Gasteiger partial charge in [0.15, 0.2) is 0 Å². The van der Waals surface area contributed by atoms with Crippen molar-refractivity contribution in [3.05, 3.63) is 26.5 Å². The van der Waals surface area contributed by atoms with Crippen molar-refractivity contribution in [3.8, 4) is 0 Å². The fourth-order valence-corrected chi connectivity index (χ4v) is 3.69. The van der Waals surface area contributed by atoms with E-state index < -0.39 is 5.97 Å². The molecule has 7 heteroatoms. The number of hydrogen-bond donors (Lipinski definition) is 3. The first-order chi connectivity index (χ1) is 8.54. The molecule has 0 aliphatic heterocycles. The molecule has 0 radical (unpaired) electrons. The molecule has 0 aliphatic rings. The average Bonchev–Trinajstić information content (AvgIpc) is 2.65. The molecule has 0 fully saturated rings. The number of aliphatic hydroxyl groups excluding tert-OH is 1. The highest BCUT2D eigenvalue weighted by molar-refractivity contribution is 9.10. The number of fused-ring (bicyclic) bond motifs is 1. The van der Waals surface area contributed by atoms with E-state index in [1.807, 2.05) is 0 Å². The smallest absolute Gasteiger partial charge is 0.348 e. The van der Waals surface area contributed by atoms with Gasteiger partial charge >= 0.3 is 5.97 Å². The van der Waals surface area contributed by atoms with E-state index in [4.69, 9.17) is 16.7 Å². The zero-order valence-corrected chi connectivity index (χ0v) is 12.2. The molecule has 0 atom stereocenters. The van der Waals surface area contributed by atoms with Crippen molar-refractivity contribution >= 4 is 60.6 Å². The second-order valence-electron chi connectivity index (χ2n) is 3.53. The lowest BCUT2D eigenvalue weighted by atomic mass is 10.2. The third kappa shape index (κ3) is 2.47. The number of halogens is 2. The highest BCUT2D eigenvalue weighted by Crippen LogP contribution is 2.41. The highest BCUT2D eigenvalue weighted by atomic mass is 79.9. The maximum atomic E-state index is 11.2. The molecule has 0 saturated heterocycles. The largest absolute Gasteiger partial charge is 0.477 e. The number of carbonyl (C=O) groups is 1. The van der Waals surface area contributed by atoms with Gasteiger partial charge in [0.1, 0.15) is 4.88 Å². The quantitative estimate of drug-likeness (QED) is 0.790. The van der Waals surface area contributed by atoms with E-state index in [0.717, 1.165) is 14.6 Å². The molecule has 4 nitrogen and oxygen atoms in total. The number of hydrogen-bond acceptors (Lipinski definition) is 4. The SMILES string of the molecule is O=C(O)c1sc2c(Br)cc(Cl)cc2c1NCCO. The van der Waals surface area contributed by atoms with E-state index >= 15 is 0 Å². The van der Waals surface area contributed by atoms with Crippen LogP contribution in [0.15, 0.2) is 16.6 Å². The number of benzene rings is 1. The minimum Gasteiger partial charge on any atom is -0.477 e.